The van der Waals surface area contributed by atoms with E-state index >= 15 is 0 Å². The number of rotatable bonds is 4. The summed E-state index contributed by atoms with van der Waals surface area (Å²) in [6.07, 6.45) is 5.20. The second-order valence-electron chi connectivity index (χ2n) is 9.06. The van der Waals surface area contributed by atoms with Crippen LogP contribution in [0.25, 0.3) is 0 Å². The molecule has 1 aromatic heterocycles. The van der Waals surface area contributed by atoms with Gasteiger partial charge in [-0.15, -0.1) is 0 Å². The summed E-state index contributed by atoms with van der Waals surface area (Å²) >= 11 is 0. The molecule has 2 aromatic rings. The Morgan fingerprint density at radius 3 is 2.69 bits per heavy atom. The Kier molecular flexibility index (Phi) is 6.95. The number of benzene rings is 1. The highest BCUT2D eigenvalue weighted by Gasteiger charge is 2.28. The van der Waals surface area contributed by atoms with Crippen LogP contribution >= 0.6 is 0 Å². The molecule has 1 aliphatic heterocycles. The van der Waals surface area contributed by atoms with Gasteiger partial charge in [0.1, 0.15) is 0 Å². The number of fused-ring (bicyclic) bond motifs is 1. The summed E-state index contributed by atoms with van der Waals surface area (Å²) < 4.78 is 33.8. The number of aromatic nitrogens is 2. The first-order valence-electron chi connectivity index (χ1n) is 11.6. The summed E-state index contributed by atoms with van der Waals surface area (Å²) in [6, 6.07) is 5.46. The van der Waals surface area contributed by atoms with Crippen LogP contribution in [0.15, 0.2) is 27.6 Å². The molecular formula is C23H32N4O4S. The number of carbonyl (C=O) groups excluding carboxylic acids is 1. The molecule has 1 amide bonds. The van der Waals surface area contributed by atoms with Crippen LogP contribution in [0.3, 0.4) is 0 Å². The number of aryl methyl sites for hydroxylation is 2. The van der Waals surface area contributed by atoms with E-state index in [-0.39, 0.29) is 30.7 Å². The van der Waals surface area contributed by atoms with Gasteiger partial charge in [-0.05, 0) is 61.8 Å². The van der Waals surface area contributed by atoms with Gasteiger partial charge < -0.3 is 9.84 Å². The molecule has 1 saturated heterocycles. The van der Waals surface area contributed by atoms with Gasteiger partial charge in [0.2, 0.25) is 21.8 Å². The van der Waals surface area contributed by atoms with Crippen molar-refractivity contribution >= 4 is 15.9 Å². The lowest BCUT2D eigenvalue weighted by molar-refractivity contribution is -0.121. The molecule has 0 saturated carbocycles. The second kappa shape index (κ2) is 9.70. The van der Waals surface area contributed by atoms with Crippen molar-refractivity contribution in [1.82, 2.24) is 19.8 Å². The fourth-order valence-corrected chi connectivity index (χ4v) is 5.99. The average Bonchev–Trinajstić information content (AvgIpc) is 3.42. The zero-order valence-electron chi connectivity index (χ0n) is 18.8. The zero-order valence-corrected chi connectivity index (χ0v) is 19.7. The Labute approximate surface area is 189 Å². The Hall–Kier alpha value is -2.26. The molecule has 0 radical (unpaired) electrons. The summed E-state index contributed by atoms with van der Waals surface area (Å²) in [6.45, 7) is 5.05. The monoisotopic (exact) mass is 460 g/mol. The van der Waals surface area contributed by atoms with Crippen molar-refractivity contribution in [2.24, 2.45) is 0 Å². The van der Waals surface area contributed by atoms with Crippen LogP contribution in [0, 0.1) is 0 Å². The van der Waals surface area contributed by atoms with Crippen molar-refractivity contribution in [1.29, 1.82) is 0 Å². The van der Waals surface area contributed by atoms with Gasteiger partial charge in [-0.3, -0.25) is 4.79 Å². The van der Waals surface area contributed by atoms with Gasteiger partial charge in [0.25, 0.3) is 0 Å². The molecule has 1 aromatic carbocycles. The lowest BCUT2D eigenvalue weighted by Crippen LogP contribution is -2.35. The van der Waals surface area contributed by atoms with E-state index in [1.165, 1.54) is 9.87 Å². The molecule has 1 N–H and O–H groups in total. The normalized spacial score (nSPS) is 21.2. The largest absolute Gasteiger partial charge is 0.356 e. The summed E-state index contributed by atoms with van der Waals surface area (Å²) in [5, 5.41) is 6.97. The second-order valence-corrected chi connectivity index (χ2v) is 11.0. The highest BCUT2D eigenvalue weighted by molar-refractivity contribution is 7.89. The van der Waals surface area contributed by atoms with Gasteiger partial charge in [0.05, 0.1) is 4.90 Å². The third-order valence-corrected chi connectivity index (χ3v) is 8.29. The minimum atomic E-state index is -3.67. The van der Waals surface area contributed by atoms with Crippen molar-refractivity contribution in [3.05, 3.63) is 41.0 Å². The Bertz CT molecular complexity index is 1060. The number of hydrogen-bond acceptors (Lipinski definition) is 6. The lowest BCUT2D eigenvalue weighted by Gasteiger charge is -2.22. The van der Waals surface area contributed by atoms with Gasteiger partial charge in [-0.25, -0.2) is 8.42 Å². The smallest absolute Gasteiger partial charge is 0.243 e. The van der Waals surface area contributed by atoms with Crippen molar-refractivity contribution in [3.8, 4) is 0 Å². The average molecular weight is 461 g/mol. The molecule has 0 bridgehead atoms. The minimum absolute atomic E-state index is 0.0158. The van der Waals surface area contributed by atoms with E-state index in [4.69, 9.17) is 4.52 Å². The van der Waals surface area contributed by atoms with Crippen LogP contribution in [-0.2, 0) is 27.7 Å². The SMILES string of the molecule is CC(C)c1noc(C2CCCN(S(=O)(=O)c3ccc4c(c3)CCC4)CCC(=O)NCC2)n1. The van der Waals surface area contributed by atoms with E-state index in [1.807, 2.05) is 26.0 Å². The summed E-state index contributed by atoms with van der Waals surface area (Å²) in [7, 11) is -3.67. The van der Waals surface area contributed by atoms with E-state index in [1.54, 1.807) is 6.07 Å². The zero-order chi connectivity index (χ0) is 22.7. The van der Waals surface area contributed by atoms with E-state index in [0.717, 1.165) is 24.8 Å². The van der Waals surface area contributed by atoms with E-state index in [2.05, 4.69) is 15.5 Å². The molecule has 1 aliphatic carbocycles. The fraction of sp³-hybridized carbons (Fsp3) is 0.609. The molecule has 1 fully saturated rings. The maximum absolute atomic E-state index is 13.4. The van der Waals surface area contributed by atoms with Gasteiger partial charge in [-0.2, -0.15) is 9.29 Å². The highest BCUT2D eigenvalue weighted by Crippen LogP contribution is 2.28. The molecule has 9 heteroatoms. The quantitative estimate of drug-likeness (QED) is 0.751. The Morgan fingerprint density at radius 1 is 1.09 bits per heavy atom. The first kappa shape index (κ1) is 22.9. The van der Waals surface area contributed by atoms with Gasteiger partial charge in [0.15, 0.2) is 5.82 Å². The molecule has 8 nitrogen and oxygen atoms in total. The number of hydrogen-bond donors (Lipinski definition) is 1. The molecule has 2 aliphatic rings. The maximum Gasteiger partial charge on any atom is 0.243 e. The van der Waals surface area contributed by atoms with Crippen LogP contribution in [0.1, 0.15) is 80.6 Å². The minimum Gasteiger partial charge on any atom is -0.356 e. The van der Waals surface area contributed by atoms with Gasteiger partial charge in [0, 0.05) is 37.9 Å². The molecule has 2 heterocycles. The van der Waals surface area contributed by atoms with Crippen LogP contribution in [-0.4, -0.2) is 48.4 Å². The van der Waals surface area contributed by atoms with Gasteiger partial charge >= 0.3 is 0 Å². The summed E-state index contributed by atoms with van der Waals surface area (Å²) in [5.74, 6) is 1.24. The number of sulfonamides is 1. The molecule has 4 rings (SSSR count). The van der Waals surface area contributed by atoms with Gasteiger partial charge in [-0.1, -0.05) is 25.1 Å². The number of amides is 1. The number of nitrogens with zero attached hydrogens (tertiary/aromatic N) is 3. The fourth-order valence-electron chi connectivity index (χ4n) is 4.46. The molecule has 1 atom stereocenters. The number of nitrogens with one attached hydrogen (secondary N) is 1. The van der Waals surface area contributed by atoms with Crippen LogP contribution in [0.5, 0.6) is 0 Å². The van der Waals surface area contributed by atoms with Crippen molar-refractivity contribution in [3.63, 3.8) is 0 Å². The third kappa shape index (κ3) is 5.04. The Morgan fingerprint density at radius 2 is 1.91 bits per heavy atom. The molecule has 32 heavy (non-hydrogen) atoms. The molecular weight excluding hydrogens is 428 g/mol. The topological polar surface area (TPSA) is 105 Å². The maximum atomic E-state index is 13.4. The number of carbonyl (C=O) groups is 1. The van der Waals surface area contributed by atoms with E-state index < -0.39 is 10.0 Å². The summed E-state index contributed by atoms with van der Waals surface area (Å²) in [5.41, 5.74) is 2.36. The van der Waals surface area contributed by atoms with Crippen LogP contribution in [0.4, 0.5) is 0 Å². The van der Waals surface area contributed by atoms with Crippen molar-refractivity contribution < 1.29 is 17.7 Å². The van der Waals surface area contributed by atoms with Crippen molar-refractivity contribution in [2.45, 2.75) is 75.5 Å². The lowest BCUT2D eigenvalue weighted by atomic mass is 9.99. The third-order valence-electron chi connectivity index (χ3n) is 6.39. The van der Waals surface area contributed by atoms with Crippen molar-refractivity contribution in [2.75, 3.05) is 19.6 Å². The first-order valence-corrected chi connectivity index (χ1v) is 13.0. The molecule has 1 unspecified atom stereocenters. The van der Waals surface area contributed by atoms with E-state index in [9.17, 15) is 13.2 Å². The first-order chi connectivity index (χ1) is 15.3. The predicted octanol–water partition coefficient (Wildman–Crippen LogP) is 3.15. The van der Waals surface area contributed by atoms with Crippen LogP contribution < -0.4 is 5.32 Å². The molecule has 174 valence electrons. The van der Waals surface area contributed by atoms with Crippen LogP contribution in [0.2, 0.25) is 0 Å². The highest BCUT2D eigenvalue weighted by atomic mass is 32.2. The summed E-state index contributed by atoms with van der Waals surface area (Å²) in [4.78, 5) is 17.2. The van der Waals surface area contributed by atoms with E-state index in [0.29, 0.717) is 49.0 Å². The predicted molar refractivity (Wildman–Crippen MR) is 120 cm³/mol. The Balaban J connectivity index is 1.52. The molecule has 0 spiro atoms. The standard InChI is InChI=1S/C23H32N4O4S/c1-16(2)22-25-23(31-26-22)18-7-4-13-27(14-11-21(28)24-12-10-18)32(29,30)20-9-8-17-5-3-6-19(17)15-20/h8-9,15-16,18H,3-7,10-14H2,1-2H3,(H,24,28).